The Morgan fingerprint density at radius 2 is 0.412 bits per heavy atom. The zero-order valence-electron chi connectivity index (χ0n) is 93.9. The van der Waals surface area contributed by atoms with Crippen molar-refractivity contribution in [1.29, 1.82) is 0 Å². The highest BCUT2D eigenvalue weighted by Gasteiger charge is 2.26. The molecule has 0 radical (unpaired) electrons. The molecule has 0 unspecified atom stereocenters. The van der Waals surface area contributed by atoms with Crippen molar-refractivity contribution in [3.63, 3.8) is 0 Å². The molecule has 0 saturated heterocycles. The summed E-state index contributed by atoms with van der Waals surface area (Å²) in [6.45, 7) is 0. The molecule has 1 heteroatoms. The van der Waals surface area contributed by atoms with Gasteiger partial charge in [0.05, 0.1) is 32.9 Å². The van der Waals surface area contributed by atoms with Gasteiger partial charge in [0, 0.05) is 21.9 Å². The van der Waals surface area contributed by atoms with Gasteiger partial charge in [-0.15, -0.1) is 0 Å². The molecule has 0 aliphatic heterocycles. The first kappa shape index (κ1) is 55.4. The maximum absolute atomic E-state index is 9.47. The van der Waals surface area contributed by atoms with Gasteiger partial charge in [-0.3, -0.25) is 0 Å². The van der Waals surface area contributed by atoms with Crippen LogP contribution in [0.25, 0.3) is 262 Å². The van der Waals surface area contributed by atoms with Crippen LogP contribution in [-0.4, -0.2) is 0 Å². The van der Waals surface area contributed by atoms with Crippen LogP contribution in [0.4, 0.5) is 0 Å². The minimum atomic E-state index is -0.444. The fourth-order valence-electron chi connectivity index (χ4n) is 20.0. The lowest BCUT2D eigenvalue weighted by Gasteiger charge is -2.21. The van der Waals surface area contributed by atoms with Gasteiger partial charge < -0.3 is 4.42 Å². The van der Waals surface area contributed by atoms with Crippen molar-refractivity contribution in [3.05, 3.63) is 497 Å². The number of hydrogen-bond acceptors (Lipinski definition) is 1. The first-order valence-electron chi connectivity index (χ1n) is 55.4. The second kappa shape index (κ2) is 32.1. The van der Waals surface area contributed by atoms with E-state index in [2.05, 4.69) is 18.2 Å². The van der Waals surface area contributed by atoms with Crippen molar-refractivity contribution in [2.75, 3.05) is 0 Å². The molecule has 0 saturated carbocycles. The number of rotatable bonds is 9. The second-order valence-corrected chi connectivity index (χ2v) is 32.7. The molecule has 1 heterocycles. The normalized spacial score (nSPS) is 14.2. The number of furan rings is 1. The van der Waals surface area contributed by atoms with Gasteiger partial charge in [-0.2, -0.15) is 0 Å². The highest BCUT2D eigenvalue weighted by molar-refractivity contribution is 6.31. The molecule has 0 atom stereocenters. The lowest BCUT2D eigenvalue weighted by Crippen LogP contribution is -1.93. The van der Waals surface area contributed by atoms with Crippen LogP contribution in [0.3, 0.4) is 0 Å². The highest BCUT2D eigenvalue weighted by atomic mass is 16.3. The van der Waals surface area contributed by atoms with E-state index in [1.165, 1.54) is 0 Å². The standard InChI is InChI=1S/2C44H28.C42H26O/c1-2-14-29(15-3-1)32-26-27-41(35-20-8-6-19-34(32)35)43-37-22-10-12-24-39(37)44(40-25-13-11-23-38(40)43)42-28-30-16-4-5-17-31(30)33-18-7-9-21-36(33)42;1-2-12-29(13-3-1)30-22-23-32-27-34(25-24-31(32)26-30)43-38-18-8-10-20-40(38)44(41-21-11-9-19-39(41)43)42-28-33-14-4-5-15-35(33)36-16-6-7-17-37(36)42;1-2-13-27(14-3-1)28-25-26-36(30-16-5-4-15-29(28)30)40-32-18-6-8-20-34(32)41(35-21-9-7-19-33(35)40)38-23-12-22-37-31-17-10-11-24-39(31)43-42(37)38/h2*1-28H;1-26H/i10D,11D,12D,13D,22D,23D,24D,25D;8D,9D,10D,11D,18D,19D,20D,21D;6D,7D,8D,9D,18D,19D,20D,21D. The molecule has 1 nitrogen and oxygen atoms in total. The SMILES string of the molecule is [2H]c1c([2H])c([2H])c2c(-c3cc4ccccc4c4ccccc34)c3c([2H])c([2H])c([2H])c([2H])c3c(-c3ccc(-c4ccccc4)c4ccccc34)c2c1[2H].[2H]c1c([2H])c([2H])c2c(-c3cc4ccccc4c4ccccc34)c3c([2H])c([2H])c([2H])c([2H])c3c(-c3ccc4cc(-c5ccccc5)ccc4c3)c2c1[2H].[2H]c1c([2H])c([2H])c2c(-c3cccc4c3oc3ccccc34)c3c([2H])c([2H])c([2H])c([2H])c3c(-c3ccc(-c4ccccc4)c4ccccc34)c2c1[2H]. The van der Waals surface area contributed by atoms with Gasteiger partial charge in [-0.25, -0.2) is 0 Å². The van der Waals surface area contributed by atoms with Crippen molar-refractivity contribution in [1.82, 2.24) is 0 Å². The molecule has 0 fully saturated rings. The average Bonchev–Trinajstić information content (AvgIpc) is 1.55. The van der Waals surface area contributed by atoms with Crippen LogP contribution in [0, 0.1) is 0 Å². The Balaban J connectivity index is 0.000000119. The first-order valence-corrected chi connectivity index (χ1v) is 43.4. The summed E-state index contributed by atoms with van der Waals surface area (Å²) in [5.74, 6) is 0. The van der Waals surface area contributed by atoms with E-state index in [0.29, 0.717) is 72.4 Å². The molecule has 0 spiro atoms. The Hall–Kier alpha value is -17.1. The van der Waals surface area contributed by atoms with Crippen LogP contribution in [-0.2, 0) is 0 Å². The molecular formula is C130H82O. The van der Waals surface area contributed by atoms with Crippen molar-refractivity contribution < 1.29 is 37.3 Å². The minimum absolute atomic E-state index is 0.151. The summed E-state index contributed by atoms with van der Waals surface area (Å²) in [5, 5.41) is 16.3. The molecule has 0 aliphatic rings. The monoisotopic (exact) mass is 1680 g/mol. The van der Waals surface area contributed by atoms with E-state index in [1.807, 2.05) is 328 Å². The number of hydrogen-bond donors (Lipinski definition) is 0. The van der Waals surface area contributed by atoms with Gasteiger partial charge in [0.2, 0.25) is 0 Å². The molecule has 0 N–H and O–H groups in total. The molecule has 27 aromatic rings. The third-order valence-electron chi connectivity index (χ3n) is 25.7. The van der Waals surface area contributed by atoms with Gasteiger partial charge in [-0.05, 0) is 259 Å². The number of fused-ring (bicyclic) bond motifs is 18. The summed E-state index contributed by atoms with van der Waals surface area (Å²) in [5.41, 5.74) is 12.6. The van der Waals surface area contributed by atoms with E-state index < -0.39 is 72.5 Å². The Labute approximate surface area is 792 Å². The molecule has 0 aliphatic carbocycles. The van der Waals surface area contributed by atoms with Gasteiger partial charge in [0.25, 0.3) is 0 Å². The summed E-state index contributed by atoms with van der Waals surface area (Å²) in [4.78, 5) is 0. The Kier molecular flexibility index (Phi) is 13.6. The average molecular weight is 1680 g/mol. The van der Waals surface area contributed by atoms with Gasteiger partial charge in [0.15, 0.2) is 0 Å². The third-order valence-corrected chi connectivity index (χ3v) is 25.7. The Bertz CT molecular complexity index is 10600. The molecule has 131 heavy (non-hydrogen) atoms. The molecular weight excluding hydrogens is 1580 g/mol. The van der Waals surface area contributed by atoms with E-state index in [9.17, 15) is 16.4 Å². The highest BCUT2D eigenvalue weighted by Crippen LogP contribution is 2.53. The van der Waals surface area contributed by atoms with E-state index in [4.69, 9.17) is 20.9 Å². The van der Waals surface area contributed by atoms with Gasteiger partial charge >= 0.3 is 0 Å². The van der Waals surface area contributed by atoms with E-state index in [-0.39, 0.29) is 143 Å². The Morgan fingerprint density at radius 1 is 0.137 bits per heavy atom. The topological polar surface area (TPSA) is 13.1 Å². The lowest BCUT2D eigenvalue weighted by molar-refractivity contribution is 0.670. The maximum Gasteiger partial charge on any atom is 0.143 e. The molecule has 27 rings (SSSR count). The van der Waals surface area contributed by atoms with Crippen molar-refractivity contribution >= 4 is 162 Å². The predicted octanol–water partition coefficient (Wildman–Crippen LogP) is 37.0. The van der Waals surface area contributed by atoms with Crippen LogP contribution in [0.15, 0.2) is 501 Å². The van der Waals surface area contributed by atoms with Gasteiger partial charge in [-0.1, -0.05) is 467 Å². The van der Waals surface area contributed by atoms with E-state index >= 15 is 0 Å². The zero-order chi connectivity index (χ0) is 107. The molecule has 0 amide bonds. The van der Waals surface area contributed by atoms with E-state index in [0.717, 1.165) is 120 Å². The second-order valence-electron chi connectivity index (χ2n) is 32.7. The molecule has 0 bridgehead atoms. The number of benzene rings is 26. The van der Waals surface area contributed by atoms with Crippen molar-refractivity contribution in [2.45, 2.75) is 0 Å². The molecule has 608 valence electrons. The van der Waals surface area contributed by atoms with Crippen LogP contribution >= 0.6 is 0 Å². The maximum atomic E-state index is 9.47. The van der Waals surface area contributed by atoms with Gasteiger partial charge in [0.1, 0.15) is 11.2 Å². The number of para-hydroxylation sites is 2. The van der Waals surface area contributed by atoms with Crippen molar-refractivity contribution in [3.8, 4) is 100 Å². The summed E-state index contributed by atoms with van der Waals surface area (Å²) in [6, 6.07) is 105. The van der Waals surface area contributed by atoms with Crippen LogP contribution < -0.4 is 0 Å². The Morgan fingerprint density at radius 3 is 0.809 bits per heavy atom. The van der Waals surface area contributed by atoms with Crippen molar-refractivity contribution in [2.24, 2.45) is 0 Å². The van der Waals surface area contributed by atoms with Crippen LogP contribution in [0.2, 0.25) is 0 Å². The first-order chi connectivity index (χ1) is 75.0. The van der Waals surface area contributed by atoms with Crippen LogP contribution in [0.1, 0.15) is 32.9 Å². The van der Waals surface area contributed by atoms with E-state index in [1.54, 1.807) is 6.07 Å². The molecule has 26 aromatic carbocycles. The van der Waals surface area contributed by atoms with Crippen LogP contribution in [0.5, 0.6) is 0 Å². The minimum Gasteiger partial charge on any atom is -0.455 e. The lowest BCUT2D eigenvalue weighted by atomic mass is 9.82. The third kappa shape index (κ3) is 12.9. The summed E-state index contributed by atoms with van der Waals surface area (Å²) in [6.07, 6.45) is 0. The largest absolute Gasteiger partial charge is 0.455 e. The summed E-state index contributed by atoms with van der Waals surface area (Å²) in [7, 11) is 0. The summed E-state index contributed by atoms with van der Waals surface area (Å²) >= 11 is 0. The summed E-state index contributed by atoms with van der Waals surface area (Å²) < 4.78 is 225. The zero-order valence-corrected chi connectivity index (χ0v) is 69.9. The fourth-order valence-corrected chi connectivity index (χ4v) is 20.0. The quantitative estimate of drug-likeness (QED) is 0.104. The fraction of sp³-hybridized carbons (Fsp3) is 0. The smallest absolute Gasteiger partial charge is 0.143 e. The predicted molar refractivity (Wildman–Crippen MR) is 563 cm³/mol. The molecule has 1 aromatic heterocycles.